The Bertz CT molecular complexity index is 357. The van der Waals surface area contributed by atoms with Crippen molar-refractivity contribution < 1.29 is 4.74 Å². The number of nitrogens with one attached hydrogen (secondary N) is 1. The normalized spacial score (nSPS) is 9.77. The number of hydrogen-bond donors (Lipinski definition) is 2. The minimum absolute atomic E-state index is 0.00764. The lowest BCUT2D eigenvalue weighted by Gasteiger charge is -2.06. The van der Waals surface area contributed by atoms with E-state index >= 15 is 0 Å². The van der Waals surface area contributed by atoms with E-state index in [9.17, 15) is 0 Å². The van der Waals surface area contributed by atoms with Crippen LogP contribution in [0.4, 0.5) is 5.69 Å². The Kier molecular flexibility index (Phi) is 3.01. The monoisotopic (exact) mass is 218 g/mol. The van der Waals surface area contributed by atoms with Crippen molar-refractivity contribution in [2.24, 2.45) is 0 Å². The topological polar surface area (TPSA) is 84.9 Å². The van der Waals surface area contributed by atoms with Crippen LogP contribution in [0.5, 0.6) is 5.88 Å². The van der Waals surface area contributed by atoms with E-state index in [1.54, 1.807) is 0 Å². The number of hydrogen-bond acceptors (Lipinski definition) is 5. The summed E-state index contributed by atoms with van der Waals surface area (Å²) in [5.74, 6) is 0.183. The summed E-state index contributed by atoms with van der Waals surface area (Å²) >= 11 is 5.58. The first-order valence-electron chi connectivity index (χ1n) is 3.27. The summed E-state index contributed by atoms with van der Waals surface area (Å²) < 4.78 is 4.85. The van der Waals surface area contributed by atoms with E-state index in [4.69, 9.17) is 27.5 Å². The van der Waals surface area contributed by atoms with Gasteiger partial charge in [-0.3, -0.25) is 5.41 Å². The molecule has 1 unspecified atom stereocenters. The van der Waals surface area contributed by atoms with E-state index in [0.717, 1.165) is 0 Å². The van der Waals surface area contributed by atoms with Crippen LogP contribution < -0.4 is 10.5 Å². The van der Waals surface area contributed by atoms with E-state index < -0.39 is 0 Å². The van der Waals surface area contributed by atoms with Gasteiger partial charge in [0.15, 0.2) is 0 Å². The van der Waals surface area contributed by atoms with E-state index in [1.165, 1.54) is 7.11 Å². The molecule has 0 amide bonds. The molecular formula is C6H8ClN4OP. The van der Waals surface area contributed by atoms with Gasteiger partial charge in [-0.2, -0.15) is 4.98 Å². The second kappa shape index (κ2) is 3.85. The third-order valence-corrected chi connectivity index (χ3v) is 1.77. The third kappa shape index (κ3) is 2.05. The lowest BCUT2D eigenvalue weighted by molar-refractivity contribution is 0.399. The average Bonchev–Trinajstić information content (AvgIpc) is 2.08. The number of nitrogens with two attached hydrogens (primary N) is 1. The van der Waals surface area contributed by atoms with Crippen LogP contribution in [0.1, 0.15) is 5.69 Å². The fourth-order valence-corrected chi connectivity index (χ4v) is 1.17. The van der Waals surface area contributed by atoms with Crippen LogP contribution >= 0.6 is 20.8 Å². The predicted molar refractivity (Wildman–Crippen MR) is 54.5 cm³/mol. The molecule has 0 saturated carbocycles. The van der Waals surface area contributed by atoms with Gasteiger partial charge in [0.25, 0.3) is 0 Å². The van der Waals surface area contributed by atoms with Gasteiger partial charge in [-0.05, 0) is 11.6 Å². The van der Waals surface area contributed by atoms with Crippen molar-refractivity contribution in [2.75, 3.05) is 12.8 Å². The largest absolute Gasteiger partial charge is 0.479 e. The zero-order valence-electron chi connectivity index (χ0n) is 6.84. The van der Waals surface area contributed by atoms with Crippen LogP contribution in [0.3, 0.4) is 0 Å². The predicted octanol–water partition coefficient (Wildman–Crippen LogP) is 0.921. The van der Waals surface area contributed by atoms with Crippen molar-refractivity contribution in [3.05, 3.63) is 11.0 Å². The highest BCUT2D eigenvalue weighted by Gasteiger charge is 2.12. The van der Waals surface area contributed by atoms with Crippen molar-refractivity contribution in [1.29, 1.82) is 5.41 Å². The molecule has 0 fully saturated rings. The van der Waals surface area contributed by atoms with Gasteiger partial charge in [0.1, 0.15) is 11.4 Å². The zero-order valence-corrected chi connectivity index (χ0v) is 8.75. The summed E-state index contributed by atoms with van der Waals surface area (Å²) in [7, 11) is 3.59. The van der Waals surface area contributed by atoms with Crippen LogP contribution in [-0.4, -0.2) is 22.5 Å². The van der Waals surface area contributed by atoms with Crippen LogP contribution in [0.15, 0.2) is 0 Å². The van der Waals surface area contributed by atoms with E-state index in [0.29, 0.717) is 0 Å². The minimum Gasteiger partial charge on any atom is -0.479 e. The second-order valence-corrected chi connectivity index (χ2v) is 3.09. The second-order valence-electron chi connectivity index (χ2n) is 2.18. The molecule has 5 nitrogen and oxygen atoms in total. The zero-order chi connectivity index (χ0) is 10.0. The van der Waals surface area contributed by atoms with Crippen molar-refractivity contribution in [3.8, 4) is 5.88 Å². The molecule has 0 aromatic carbocycles. The van der Waals surface area contributed by atoms with Crippen molar-refractivity contribution in [3.63, 3.8) is 0 Å². The Balaban J connectivity index is 3.35. The summed E-state index contributed by atoms with van der Waals surface area (Å²) in [5.41, 5.74) is 6.22. The van der Waals surface area contributed by atoms with Gasteiger partial charge in [-0.25, -0.2) is 4.98 Å². The van der Waals surface area contributed by atoms with Gasteiger partial charge >= 0.3 is 0 Å². The van der Waals surface area contributed by atoms with Gasteiger partial charge in [-0.15, -0.1) is 0 Å². The van der Waals surface area contributed by atoms with E-state index in [1.807, 2.05) is 0 Å². The number of nitrogen functional groups attached to an aromatic ring is 1. The molecule has 13 heavy (non-hydrogen) atoms. The molecule has 1 aromatic rings. The molecule has 0 aliphatic rings. The number of nitrogens with zero attached hydrogens (tertiary/aromatic N) is 2. The van der Waals surface area contributed by atoms with Gasteiger partial charge < -0.3 is 10.5 Å². The Morgan fingerprint density at radius 1 is 1.62 bits per heavy atom. The van der Waals surface area contributed by atoms with Crippen LogP contribution in [0, 0.1) is 5.41 Å². The van der Waals surface area contributed by atoms with Crippen molar-refractivity contribution in [2.45, 2.75) is 0 Å². The molecule has 1 aromatic heterocycles. The van der Waals surface area contributed by atoms with Crippen LogP contribution in [0.2, 0.25) is 5.28 Å². The molecule has 1 heterocycles. The van der Waals surface area contributed by atoms with Gasteiger partial charge in [0.2, 0.25) is 11.2 Å². The SMILES string of the molecule is COc1nc(Cl)nc(C(=N)P)c1N. The molecule has 0 radical (unpaired) electrons. The maximum atomic E-state index is 7.32. The molecule has 7 heteroatoms. The molecule has 0 spiro atoms. The number of methoxy groups -OCH3 is 1. The smallest absolute Gasteiger partial charge is 0.242 e. The highest BCUT2D eigenvalue weighted by molar-refractivity contribution is 7.41. The maximum Gasteiger partial charge on any atom is 0.242 e. The molecule has 0 saturated heterocycles. The molecule has 70 valence electrons. The fraction of sp³-hybridized carbons (Fsp3) is 0.167. The summed E-state index contributed by atoms with van der Waals surface area (Å²) in [6, 6.07) is 0. The van der Waals surface area contributed by atoms with Crippen LogP contribution in [0.25, 0.3) is 0 Å². The van der Waals surface area contributed by atoms with Gasteiger partial charge in [-0.1, -0.05) is 9.24 Å². The highest BCUT2D eigenvalue weighted by Crippen LogP contribution is 2.24. The third-order valence-electron chi connectivity index (χ3n) is 1.33. The lowest BCUT2D eigenvalue weighted by atomic mass is 10.3. The highest BCUT2D eigenvalue weighted by atomic mass is 35.5. The minimum atomic E-state index is 0.00764. The van der Waals surface area contributed by atoms with Crippen LogP contribution in [-0.2, 0) is 0 Å². The quantitative estimate of drug-likeness (QED) is 0.439. The van der Waals surface area contributed by atoms with E-state index in [-0.39, 0.29) is 28.0 Å². The molecule has 0 bridgehead atoms. The molecule has 1 rings (SSSR count). The lowest BCUT2D eigenvalue weighted by Crippen LogP contribution is -2.06. The van der Waals surface area contributed by atoms with Crippen molar-refractivity contribution in [1.82, 2.24) is 9.97 Å². The summed E-state index contributed by atoms with van der Waals surface area (Å²) in [4.78, 5) is 7.52. The molecule has 1 atom stereocenters. The Hall–Kier alpha value is -0.930. The first kappa shape index (κ1) is 10.2. The number of rotatable bonds is 2. The fourth-order valence-electron chi connectivity index (χ4n) is 0.784. The number of halogens is 1. The summed E-state index contributed by atoms with van der Waals surface area (Å²) in [6.45, 7) is 0. The summed E-state index contributed by atoms with van der Waals surface area (Å²) in [6.07, 6.45) is 0. The number of aromatic nitrogens is 2. The first-order valence-corrected chi connectivity index (χ1v) is 4.23. The average molecular weight is 219 g/mol. The van der Waals surface area contributed by atoms with Gasteiger partial charge in [0.05, 0.1) is 12.6 Å². The molecule has 0 aliphatic carbocycles. The first-order chi connectivity index (χ1) is 6.06. The Labute approximate surface area is 82.4 Å². The molecule has 0 aliphatic heterocycles. The Morgan fingerprint density at radius 2 is 2.23 bits per heavy atom. The summed E-state index contributed by atoms with van der Waals surface area (Å²) in [5, 5.41) is 7.33. The Morgan fingerprint density at radius 3 is 2.69 bits per heavy atom. The molecule has 3 N–H and O–H groups in total. The number of anilines is 1. The number of ether oxygens (including phenoxy) is 1. The van der Waals surface area contributed by atoms with E-state index in [2.05, 4.69) is 19.2 Å². The molecular weight excluding hydrogens is 211 g/mol. The maximum absolute atomic E-state index is 7.32. The van der Waals surface area contributed by atoms with Crippen molar-refractivity contribution >= 4 is 32.0 Å². The van der Waals surface area contributed by atoms with Gasteiger partial charge in [0, 0.05) is 0 Å². The standard InChI is InChI=1S/C6H8ClN4OP/c1-12-5-2(8)3(4(9)13)10-6(7)11-5/h9H,8,13H2,1H3.